The van der Waals surface area contributed by atoms with E-state index in [1.807, 2.05) is 0 Å². The fourth-order valence-corrected chi connectivity index (χ4v) is 3.33. The molecule has 0 N–H and O–H groups in total. The summed E-state index contributed by atoms with van der Waals surface area (Å²) in [6.45, 7) is -0.397. The van der Waals surface area contributed by atoms with Crippen molar-refractivity contribution in [2.24, 2.45) is 0 Å². The highest BCUT2D eigenvalue weighted by Gasteiger charge is 2.51. The maximum absolute atomic E-state index is 12.7. The molecule has 0 aliphatic carbocycles. The van der Waals surface area contributed by atoms with E-state index in [9.17, 15) is 19.2 Å². The van der Waals surface area contributed by atoms with Crippen LogP contribution in [0.5, 0.6) is 0 Å². The lowest BCUT2D eigenvalue weighted by Crippen LogP contribution is -2.41. The lowest BCUT2D eigenvalue weighted by atomic mass is 10.1. The van der Waals surface area contributed by atoms with Gasteiger partial charge in [0.15, 0.2) is 12.2 Å². The van der Waals surface area contributed by atoms with Crippen molar-refractivity contribution in [3.05, 3.63) is 108 Å². The molecule has 1 aliphatic heterocycles. The van der Waals surface area contributed by atoms with E-state index in [2.05, 4.69) is 0 Å². The van der Waals surface area contributed by atoms with Gasteiger partial charge in [-0.2, -0.15) is 0 Å². The van der Waals surface area contributed by atoms with Gasteiger partial charge in [0.25, 0.3) is 0 Å². The van der Waals surface area contributed by atoms with E-state index in [1.165, 1.54) is 24.3 Å². The molecule has 1 fully saturated rings. The van der Waals surface area contributed by atoms with Gasteiger partial charge in [-0.15, -0.1) is 0 Å². The van der Waals surface area contributed by atoms with Crippen LogP contribution in [0.15, 0.2) is 91.0 Å². The summed E-state index contributed by atoms with van der Waals surface area (Å²) in [5, 5.41) is 0. The zero-order chi connectivity index (χ0) is 23.9. The standard InChI is InChI=1S/C26H20O8/c27-23(17-10-4-1-5-11-17)31-16-20-21(33-24(28)18-12-6-2-7-13-18)22(26(30)32-20)34-25(29)19-14-8-3-9-15-19/h1-15,20-22H,16H2. The molecule has 3 aromatic carbocycles. The number of hydrogen-bond acceptors (Lipinski definition) is 8. The number of hydrogen-bond donors (Lipinski definition) is 0. The largest absolute Gasteiger partial charge is 0.458 e. The summed E-state index contributed by atoms with van der Waals surface area (Å²) in [6.07, 6.45) is -4.02. The molecule has 0 saturated carbocycles. The number of carbonyl (C=O) groups is 4. The van der Waals surface area contributed by atoms with Crippen LogP contribution in [-0.4, -0.2) is 48.8 Å². The van der Waals surface area contributed by atoms with Gasteiger partial charge >= 0.3 is 23.9 Å². The fourth-order valence-electron chi connectivity index (χ4n) is 3.33. The van der Waals surface area contributed by atoms with Crippen LogP contribution in [0.1, 0.15) is 31.1 Å². The Kier molecular flexibility index (Phi) is 6.98. The summed E-state index contributed by atoms with van der Waals surface area (Å²) in [4.78, 5) is 50.1. The first-order valence-electron chi connectivity index (χ1n) is 10.5. The Morgan fingerprint density at radius 2 is 1.09 bits per heavy atom. The Labute approximate surface area is 195 Å². The van der Waals surface area contributed by atoms with Crippen molar-refractivity contribution in [1.82, 2.24) is 0 Å². The third-order valence-corrected chi connectivity index (χ3v) is 5.05. The molecule has 3 aromatic rings. The average molecular weight is 460 g/mol. The third-order valence-electron chi connectivity index (χ3n) is 5.05. The molecule has 3 unspecified atom stereocenters. The molecule has 0 aromatic heterocycles. The van der Waals surface area contributed by atoms with Crippen LogP contribution in [0.2, 0.25) is 0 Å². The minimum absolute atomic E-state index is 0.211. The number of ether oxygens (including phenoxy) is 4. The minimum Gasteiger partial charge on any atom is -0.458 e. The zero-order valence-electron chi connectivity index (χ0n) is 17.9. The minimum atomic E-state index is -1.53. The van der Waals surface area contributed by atoms with Gasteiger partial charge < -0.3 is 18.9 Å². The maximum Gasteiger partial charge on any atom is 0.352 e. The first-order valence-corrected chi connectivity index (χ1v) is 10.5. The van der Waals surface area contributed by atoms with Crippen LogP contribution in [0.25, 0.3) is 0 Å². The summed E-state index contributed by atoms with van der Waals surface area (Å²) in [7, 11) is 0. The smallest absolute Gasteiger partial charge is 0.352 e. The molecule has 4 rings (SSSR count). The SMILES string of the molecule is O=C(OCC1OC(=O)C(OC(=O)c2ccccc2)C1OC(=O)c1ccccc1)c1ccccc1. The molecule has 8 nitrogen and oxygen atoms in total. The van der Waals surface area contributed by atoms with E-state index < -0.39 is 48.8 Å². The van der Waals surface area contributed by atoms with Crippen molar-refractivity contribution in [1.29, 1.82) is 0 Å². The van der Waals surface area contributed by atoms with Gasteiger partial charge in [-0.25, -0.2) is 19.2 Å². The van der Waals surface area contributed by atoms with Crippen LogP contribution >= 0.6 is 0 Å². The predicted octanol–water partition coefficient (Wildman–Crippen LogP) is 3.22. The second kappa shape index (κ2) is 10.4. The van der Waals surface area contributed by atoms with Gasteiger partial charge in [0.2, 0.25) is 6.10 Å². The van der Waals surface area contributed by atoms with Crippen molar-refractivity contribution >= 4 is 23.9 Å². The molecular weight excluding hydrogens is 440 g/mol. The number of esters is 4. The van der Waals surface area contributed by atoms with Gasteiger partial charge in [-0.1, -0.05) is 54.6 Å². The molecule has 1 saturated heterocycles. The van der Waals surface area contributed by atoms with Crippen molar-refractivity contribution in [2.45, 2.75) is 18.3 Å². The lowest BCUT2D eigenvalue weighted by molar-refractivity contribution is -0.148. The van der Waals surface area contributed by atoms with E-state index in [1.54, 1.807) is 66.7 Å². The molecule has 0 spiro atoms. The fraction of sp³-hybridized carbons (Fsp3) is 0.154. The molecule has 0 radical (unpaired) electrons. The maximum atomic E-state index is 12.7. The Morgan fingerprint density at radius 1 is 0.647 bits per heavy atom. The number of cyclic esters (lactones) is 1. The highest BCUT2D eigenvalue weighted by Crippen LogP contribution is 2.25. The van der Waals surface area contributed by atoms with E-state index in [0.717, 1.165) is 0 Å². The Morgan fingerprint density at radius 3 is 1.59 bits per heavy atom. The average Bonchev–Trinajstić information content (AvgIpc) is 3.17. The molecule has 0 bridgehead atoms. The molecule has 0 amide bonds. The summed E-state index contributed by atoms with van der Waals surface area (Å²) in [6, 6.07) is 24.4. The van der Waals surface area contributed by atoms with E-state index >= 15 is 0 Å². The van der Waals surface area contributed by atoms with Crippen molar-refractivity contribution in [3.8, 4) is 0 Å². The van der Waals surface area contributed by atoms with E-state index in [-0.39, 0.29) is 11.1 Å². The van der Waals surface area contributed by atoms with Crippen LogP contribution in [0.3, 0.4) is 0 Å². The van der Waals surface area contributed by atoms with Crippen LogP contribution < -0.4 is 0 Å². The van der Waals surface area contributed by atoms with E-state index in [0.29, 0.717) is 5.56 Å². The van der Waals surface area contributed by atoms with Gasteiger partial charge in [0.05, 0.1) is 16.7 Å². The molecule has 3 atom stereocenters. The van der Waals surface area contributed by atoms with Crippen LogP contribution in [0, 0.1) is 0 Å². The monoisotopic (exact) mass is 460 g/mol. The predicted molar refractivity (Wildman–Crippen MR) is 118 cm³/mol. The molecule has 1 aliphatic rings. The quantitative estimate of drug-likeness (QED) is 0.391. The lowest BCUT2D eigenvalue weighted by Gasteiger charge is -2.21. The molecule has 8 heteroatoms. The zero-order valence-corrected chi connectivity index (χ0v) is 17.9. The number of rotatable bonds is 7. The van der Waals surface area contributed by atoms with Crippen LogP contribution in [-0.2, 0) is 23.7 Å². The highest BCUT2D eigenvalue weighted by atomic mass is 16.7. The van der Waals surface area contributed by atoms with Crippen molar-refractivity contribution < 1.29 is 38.1 Å². The summed E-state index contributed by atoms with van der Waals surface area (Å²) in [5.74, 6) is -3.08. The van der Waals surface area contributed by atoms with Crippen molar-refractivity contribution in [2.75, 3.05) is 6.61 Å². The Balaban J connectivity index is 1.51. The van der Waals surface area contributed by atoms with Gasteiger partial charge in [0.1, 0.15) is 6.61 Å². The normalized spacial score (nSPS) is 19.1. The van der Waals surface area contributed by atoms with Crippen LogP contribution in [0.4, 0.5) is 0 Å². The third kappa shape index (κ3) is 5.29. The summed E-state index contributed by atoms with van der Waals surface area (Å²) in [5.41, 5.74) is 0.745. The number of carbonyl (C=O) groups excluding carboxylic acids is 4. The summed E-state index contributed by atoms with van der Waals surface area (Å²) < 4.78 is 21.4. The van der Waals surface area contributed by atoms with Crippen molar-refractivity contribution in [3.63, 3.8) is 0 Å². The molecular formula is C26H20O8. The van der Waals surface area contributed by atoms with Gasteiger partial charge in [0, 0.05) is 0 Å². The first kappa shape index (κ1) is 22.7. The summed E-state index contributed by atoms with van der Waals surface area (Å²) >= 11 is 0. The second-order valence-corrected chi connectivity index (χ2v) is 7.37. The topological polar surface area (TPSA) is 105 Å². The number of benzene rings is 3. The Hall–Kier alpha value is -4.46. The molecule has 1 heterocycles. The molecule has 172 valence electrons. The molecule has 34 heavy (non-hydrogen) atoms. The van der Waals surface area contributed by atoms with Gasteiger partial charge in [-0.05, 0) is 36.4 Å². The highest BCUT2D eigenvalue weighted by molar-refractivity contribution is 5.93. The Bertz CT molecular complexity index is 1160. The van der Waals surface area contributed by atoms with E-state index in [4.69, 9.17) is 18.9 Å². The first-order chi connectivity index (χ1) is 16.5. The van der Waals surface area contributed by atoms with Gasteiger partial charge in [-0.3, -0.25) is 0 Å². The second-order valence-electron chi connectivity index (χ2n) is 7.37.